The number of hydrogen-bond acceptors (Lipinski definition) is 4. The van der Waals surface area contributed by atoms with E-state index in [2.05, 4.69) is 15.5 Å². The van der Waals surface area contributed by atoms with Crippen LogP contribution >= 0.6 is 11.6 Å². The Kier molecular flexibility index (Phi) is 5.51. The largest absolute Gasteiger partial charge is 0.480 e. The number of aryl methyl sites for hydroxylation is 1. The lowest BCUT2D eigenvalue weighted by atomic mass is 10.2. The molecule has 1 amide bonds. The first-order valence-electron chi connectivity index (χ1n) is 8.63. The van der Waals surface area contributed by atoms with Crippen molar-refractivity contribution in [2.45, 2.75) is 33.4 Å². The van der Waals surface area contributed by atoms with Crippen LogP contribution in [-0.2, 0) is 11.3 Å². The fourth-order valence-corrected chi connectivity index (χ4v) is 3.02. The number of aliphatic carboxylic acids is 1. The molecule has 0 aliphatic carbocycles. The summed E-state index contributed by atoms with van der Waals surface area (Å²) in [6, 6.07) is 6.66. The first-order valence-corrected chi connectivity index (χ1v) is 9.01. The third-order valence-electron chi connectivity index (χ3n) is 4.46. The van der Waals surface area contributed by atoms with Crippen molar-refractivity contribution in [2.75, 3.05) is 5.32 Å². The zero-order chi connectivity index (χ0) is 20.4. The second kappa shape index (κ2) is 7.85. The Hall–Kier alpha value is -3.13. The van der Waals surface area contributed by atoms with Gasteiger partial charge in [-0.3, -0.25) is 14.2 Å². The lowest BCUT2D eigenvalue weighted by molar-refractivity contribution is -0.140. The van der Waals surface area contributed by atoms with E-state index in [1.807, 2.05) is 38.1 Å². The number of carbonyl (C=O) groups is 2. The molecular weight excluding hydrogens is 382 g/mol. The van der Waals surface area contributed by atoms with Crippen molar-refractivity contribution >= 4 is 29.2 Å². The van der Waals surface area contributed by atoms with Crippen molar-refractivity contribution in [2.24, 2.45) is 0 Å². The van der Waals surface area contributed by atoms with Gasteiger partial charge in [0.1, 0.15) is 6.04 Å². The Bertz CT molecular complexity index is 1040. The molecule has 8 nitrogen and oxygen atoms in total. The van der Waals surface area contributed by atoms with Gasteiger partial charge in [0.05, 0.1) is 35.4 Å². The maximum atomic E-state index is 12.6. The molecule has 2 aromatic heterocycles. The molecule has 1 atom stereocenters. The van der Waals surface area contributed by atoms with Crippen molar-refractivity contribution in [3.63, 3.8) is 0 Å². The number of carboxylic acids is 1. The van der Waals surface area contributed by atoms with Crippen LogP contribution in [0.4, 0.5) is 5.69 Å². The minimum atomic E-state index is -1.02. The van der Waals surface area contributed by atoms with Gasteiger partial charge < -0.3 is 10.4 Å². The monoisotopic (exact) mass is 401 g/mol. The molecular formula is C19H20ClN5O3. The highest BCUT2D eigenvalue weighted by molar-refractivity contribution is 6.30. The zero-order valence-corrected chi connectivity index (χ0v) is 16.4. The summed E-state index contributed by atoms with van der Waals surface area (Å²) in [4.78, 5) is 23.6. The summed E-state index contributed by atoms with van der Waals surface area (Å²) in [6.45, 7) is 5.70. The van der Waals surface area contributed by atoms with Crippen LogP contribution in [-0.4, -0.2) is 36.5 Å². The molecule has 0 radical (unpaired) electrons. The number of amides is 1. The molecule has 1 aromatic carbocycles. The van der Waals surface area contributed by atoms with Crippen molar-refractivity contribution in [1.29, 1.82) is 0 Å². The van der Waals surface area contributed by atoms with Crippen LogP contribution in [0.1, 0.15) is 40.3 Å². The molecule has 0 aliphatic rings. The van der Waals surface area contributed by atoms with E-state index < -0.39 is 12.0 Å². The number of halogens is 1. The minimum absolute atomic E-state index is 0.273. The molecule has 2 heterocycles. The molecule has 0 saturated carbocycles. The smallest absolute Gasteiger partial charge is 0.328 e. The van der Waals surface area contributed by atoms with Gasteiger partial charge in [0, 0.05) is 11.2 Å². The SMILES string of the molecule is Cc1nn(Cc2cccc(Cl)c2)c(C)c1NC(=O)c1cnn(C(C)C(=O)O)c1. The highest BCUT2D eigenvalue weighted by atomic mass is 35.5. The van der Waals surface area contributed by atoms with Gasteiger partial charge in [-0.15, -0.1) is 0 Å². The average molecular weight is 402 g/mol. The van der Waals surface area contributed by atoms with Crippen LogP contribution in [0.3, 0.4) is 0 Å². The standard InChI is InChI=1S/C19H20ClN5O3/c1-11-17(12(2)25(23-11)9-14-5-4-6-16(20)7-14)22-18(26)15-8-21-24(10-15)13(3)19(27)28/h4-8,10,13H,9H2,1-3H3,(H,22,26)(H,27,28). The fraction of sp³-hybridized carbons (Fsp3) is 0.263. The van der Waals surface area contributed by atoms with E-state index in [4.69, 9.17) is 16.7 Å². The first kappa shape index (κ1) is 19.6. The van der Waals surface area contributed by atoms with Gasteiger partial charge in [-0.05, 0) is 38.5 Å². The fourth-order valence-electron chi connectivity index (χ4n) is 2.81. The van der Waals surface area contributed by atoms with Gasteiger partial charge in [-0.1, -0.05) is 23.7 Å². The van der Waals surface area contributed by atoms with Crippen molar-refractivity contribution in [1.82, 2.24) is 19.6 Å². The molecule has 3 aromatic rings. The van der Waals surface area contributed by atoms with E-state index in [1.54, 1.807) is 4.68 Å². The quantitative estimate of drug-likeness (QED) is 0.659. The average Bonchev–Trinajstić information content (AvgIpc) is 3.22. The second-order valence-corrected chi connectivity index (χ2v) is 6.95. The van der Waals surface area contributed by atoms with E-state index in [1.165, 1.54) is 24.0 Å². The summed E-state index contributed by atoms with van der Waals surface area (Å²) in [7, 11) is 0. The number of anilines is 1. The number of rotatable bonds is 6. The molecule has 146 valence electrons. The molecule has 0 spiro atoms. The maximum Gasteiger partial charge on any atom is 0.328 e. The van der Waals surface area contributed by atoms with Crippen LogP contribution in [0, 0.1) is 13.8 Å². The number of hydrogen-bond donors (Lipinski definition) is 2. The molecule has 9 heteroatoms. The van der Waals surface area contributed by atoms with Crippen molar-refractivity contribution in [3.05, 3.63) is 64.2 Å². The molecule has 0 saturated heterocycles. The van der Waals surface area contributed by atoms with Gasteiger partial charge in [0.25, 0.3) is 5.91 Å². The van der Waals surface area contributed by atoms with Crippen LogP contribution in [0.15, 0.2) is 36.7 Å². The summed E-state index contributed by atoms with van der Waals surface area (Å²) in [6.07, 6.45) is 2.75. The Morgan fingerprint density at radius 1 is 1.32 bits per heavy atom. The number of benzene rings is 1. The third-order valence-corrected chi connectivity index (χ3v) is 4.69. The Balaban J connectivity index is 1.78. The van der Waals surface area contributed by atoms with E-state index in [0.29, 0.717) is 22.9 Å². The molecule has 0 fully saturated rings. The summed E-state index contributed by atoms with van der Waals surface area (Å²) in [5, 5.41) is 21.0. The maximum absolute atomic E-state index is 12.6. The predicted octanol–water partition coefficient (Wildman–Crippen LogP) is 3.30. The lowest BCUT2D eigenvalue weighted by Crippen LogP contribution is -2.16. The molecule has 0 aliphatic heterocycles. The highest BCUT2D eigenvalue weighted by Gasteiger charge is 2.19. The molecule has 28 heavy (non-hydrogen) atoms. The highest BCUT2D eigenvalue weighted by Crippen LogP contribution is 2.22. The molecule has 1 unspecified atom stereocenters. The summed E-state index contributed by atoms with van der Waals surface area (Å²) < 4.78 is 3.03. The van der Waals surface area contributed by atoms with E-state index in [-0.39, 0.29) is 11.5 Å². The van der Waals surface area contributed by atoms with Gasteiger partial charge in [0.2, 0.25) is 0 Å². The summed E-state index contributed by atoms with van der Waals surface area (Å²) in [5.41, 5.74) is 3.37. The van der Waals surface area contributed by atoms with Crippen LogP contribution in [0.25, 0.3) is 0 Å². The van der Waals surface area contributed by atoms with E-state index >= 15 is 0 Å². The number of carbonyl (C=O) groups excluding carboxylic acids is 1. The van der Waals surface area contributed by atoms with Gasteiger partial charge in [-0.2, -0.15) is 10.2 Å². The number of carboxylic acid groups (broad SMARTS) is 1. The molecule has 0 bridgehead atoms. The van der Waals surface area contributed by atoms with Crippen LogP contribution in [0.5, 0.6) is 0 Å². The molecule has 2 N–H and O–H groups in total. The Morgan fingerprint density at radius 2 is 2.07 bits per heavy atom. The normalized spacial score (nSPS) is 12.0. The van der Waals surface area contributed by atoms with Gasteiger partial charge in [-0.25, -0.2) is 4.79 Å². The first-order chi connectivity index (χ1) is 13.3. The number of nitrogens with zero attached hydrogens (tertiary/aromatic N) is 4. The second-order valence-electron chi connectivity index (χ2n) is 6.51. The van der Waals surface area contributed by atoms with Gasteiger partial charge in [0.15, 0.2) is 0 Å². The van der Waals surface area contributed by atoms with Crippen LogP contribution in [0.2, 0.25) is 5.02 Å². The number of nitrogens with one attached hydrogen (secondary N) is 1. The lowest BCUT2D eigenvalue weighted by Gasteiger charge is -2.07. The van der Waals surface area contributed by atoms with Crippen LogP contribution < -0.4 is 5.32 Å². The number of aromatic nitrogens is 4. The van der Waals surface area contributed by atoms with Crippen molar-refractivity contribution < 1.29 is 14.7 Å². The topological polar surface area (TPSA) is 102 Å². The van der Waals surface area contributed by atoms with Crippen molar-refractivity contribution in [3.8, 4) is 0 Å². The summed E-state index contributed by atoms with van der Waals surface area (Å²) in [5.74, 6) is -1.40. The molecule has 3 rings (SSSR count). The predicted molar refractivity (Wildman–Crippen MR) is 105 cm³/mol. The Labute approximate surface area is 166 Å². The summed E-state index contributed by atoms with van der Waals surface area (Å²) >= 11 is 6.04. The Morgan fingerprint density at radius 3 is 2.75 bits per heavy atom. The third kappa shape index (κ3) is 4.07. The zero-order valence-electron chi connectivity index (χ0n) is 15.7. The minimum Gasteiger partial charge on any atom is -0.480 e. The van der Waals surface area contributed by atoms with E-state index in [9.17, 15) is 9.59 Å². The van der Waals surface area contributed by atoms with E-state index in [0.717, 1.165) is 11.3 Å². The van der Waals surface area contributed by atoms with Gasteiger partial charge >= 0.3 is 5.97 Å².